The van der Waals surface area contributed by atoms with Crippen molar-refractivity contribution in [3.63, 3.8) is 0 Å². The van der Waals surface area contributed by atoms with E-state index in [1.165, 1.54) is 5.56 Å². The molecule has 0 aliphatic heterocycles. The molecule has 28 heavy (non-hydrogen) atoms. The highest BCUT2D eigenvalue weighted by atomic mass is 32.1. The van der Waals surface area contributed by atoms with Crippen LogP contribution in [0.4, 0.5) is 0 Å². The van der Waals surface area contributed by atoms with Crippen molar-refractivity contribution >= 4 is 17.2 Å². The maximum absolute atomic E-state index is 12.1. The van der Waals surface area contributed by atoms with Crippen LogP contribution in [-0.2, 0) is 24.3 Å². The molecular formula is C20H19N5O2S. The van der Waals surface area contributed by atoms with Crippen LogP contribution >= 0.6 is 11.3 Å². The lowest BCUT2D eigenvalue weighted by Crippen LogP contribution is -2.22. The number of hydrogen-bond donors (Lipinski definition) is 1. The number of carbonyl (C=O) groups is 1. The molecule has 1 N–H and O–H groups in total. The Labute approximate surface area is 166 Å². The smallest absolute Gasteiger partial charge is 0.227 e. The average molecular weight is 393 g/mol. The number of carbonyl (C=O) groups excluding carboxylic acids is 1. The molecule has 0 bridgehead atoms. The molecule has 142 valence electrons. The molecule has 4 aromatic rings. The first kappa shape index (κ1) is 18.1. The molecule has 0 aliphatic rings. The zero-order valence-electron chi connectivity index (χ0n) is 15.1. The third-order valence-corrected chi connectivity index (χ3v) is 4.86. The van der Waals surface area contributed by atoms with E-state index in [4.69, 9.17) is 4.52 Å². The third kappa shape index (κ3) is 4.72. The molecule has 4 rings (SSSR count). The van der Waals surface area contributed by atoms with Crippen molar-refractivity contribution in [2.45, 2.75) is 25.9 Å². The van der Waals surface area contributed by atoms with Gasteiger partial charge in [-0.15, -0.1) is 0 Å². The summed E-state index contributed by atoms with van der Waals surface area (Å²) in [5.41, 5.74) is 3.07. The zero-order valence-corrected chi connectivity index (χ0v) is 15.9. The van der Waals surface area contributed by atoms with E-state index in [2.05, 4.69) is 32.7 Å². The molecule has 0 aliphatic carbocycles. The second-order valence-corrected chi connectivity index (χ2v) is 7.11. The lowest BCUT2D eigenvalue weighted by atomic mass is 10.2. The Hall–Kier alpha value is -3.26. The Balaban J connectivity index is 1.23. The summed E-state index contributed by atoms with van der Waals surface area (Å²) in [4.78, 5) is 16.4. The summed E-state index contributed by atoms with van der Waals surface area (Å²) in [6.07, 6.45) is 4.42. The van der Waals surface area contributed by atoms with Crippen molar-refractivity contribution in [1.82, 2.24) is 25.2 Å². The predicted molar refractivity (Wildman–Crippen MR) is 106 cm³/mol. The minimum Gasteiger partial charge on any atom is -0.352 e. The van der Waals surface area contributed by atoms with Crippen LogP contribution in [-0.4, -0.2) is 25.8 Å². The summed E-state index contributed by atoms with van der Waals surface area (Å²) in [5.74, 6) is 0.959. The van der Waals surface area contributed by atoms with Gasteiger partial charge in [0.1, 0.15) is 0 Å². The molecule has 7 nitrogen and oxygen atoms in total. The van der Waals surface area contributed by atoms with Gasteiger partial charge in [0.15, 0.2) is 0 Å². The van der Waals surface area contributed by atoms with Crippen LogP contribution in [0.1, 0.15) is 23.4 Å². The fourth-order valence-corrected chi connectivity index (χ4v) is 3.36. The highest BCUT2D eigenvalue weighted by molar-refractivity contribution is 7.08. The van der Waals surface area contributed by atoms with Gasteiger partial charge >= 0.3 is 0 Å². The zero-order chi connectivity index (χ0) is 19.2. The van der Waals surface area contributed by atoms with Crippen LogP contribution in [0.5, 0.6) is 0 Å². The number of thiophene rings is 1. The van der Waals surface area contributed by atoms with Gasteiger partial charge in [0.2, 0.25) is 17.6 Å². The Morgan fingerprint density at radius 3 is 2.89 bits per heavy atom. The first-order valence-corrected chi connectivity index (χ1v) is 9.87. The van der Waals surface area contributed by atoms with E-state index in [0.29, 0.717) is 37.6 Å². The molecule has 0 fully saturated rings. The van der Waals surface area contributed by atoms with E-state index in [1.54, 1.807) is 17.5 Å². The van der Waals surface area contributed by atoms with Crippen LogP contribution < -0.4 is 5.32 Å². The normalized spacial score (nSPS) is 10.9. The number of amides is 1. The van der Waals surface area contributed by atoms with Gasteiger partial charge in [-0.25, -0.2) is 0 Å². The van der Waals surface area contributed by atoms with Gasteiger partial charge in [0.25, 0.3) is 0 Å². The molecular weight excluding hydrogens is 374 g/mol. The van der Waals surface area contributed by atoms with Crippen molar-refractivity contribution in [3.05, 3.63) is 76.6 Å². The van der Waals surface area contributed by atoms with Crippen molar-refractivity contribution in [2.75, 3.05) is 0 Å². The second-order valence-electron chi connectivity index (χ2n) is 6.33. The first-order valence-electron chi connectivity index (χ1n) is 8.93. The van der Waals surface area contributed by atoms with Crippen molar-refractivity contribution < 1.29 is 9.32 Å². The Kier molecular flexibility index (Phi) is 5.58. The SMILES string of the molecule is O=C(CCc1nc(-c2ccsc2)no1)NCc1cnn(Cc2ccccc2)c1. The van der Waals surface area contributed by atoms with Crippen molar-refractivity contribution in [2.24, 2.45) is 0 Å². The van der Waals surface area contributed by atoms with E-state index < -0.39 is 0 Å². The molecule has 0 spiro atoms. The van der Waals surface area contributed by atoms with E-state index in [-0.39, 0.29) is 5.91 Å². The number of aromatic nitrogens is 4. The second kappa shape index (κ2) is 8.62. The highest BCUT2D eigenvalue weighted by Gasteiger charge is 2.11. The van der Waals surface area contributed by atoms with Crippen LogP contribution in [0, 0.1) is 0 Å². The third-order valence-electron chi connectivity index (χ3n) is 4.18. The molecule has 1 aromatic carbocycles. The standard InChI is InChI=1S/C20H19N5O2S/c26-18(6-7-19-23-20(24-27-19)17-8-9-28-14-17)21-10-16-11-22-25(13-16)12-15-4-2-1-3-5-15/h1-5,8-9,11,13-14H,6-7,10,12H2,(H,21,26). The van der Waals surface area contributed by atoms with Gasteiger partial charge in [-0.3, -0.25) is 9.48 Å². The van der Waals surface area contributed by atoms with Crippen LogP contribution in [0.25, 0.3) is 11.4 Å². The fraction of sp³-hybridized carbons (Fsp3) is 0.200. The molecule has 8 heteroatoms. The Morgan fingerprint density at radius 2 is 2.07 bits per heavy atom. The monoisotopic (exact) mass is 393 g/mol. The van der Waals surface area contributed by atoms with Crippen LogP contribution in [0.3, 0.4) is 0 Å². The lowest BCUT2D eigenvalue weighted by molar-refractivity contribution is -0.121. The summed E-state index contributed by atoms with van der Waals surface area (Å²) >= 11 is 1.58. The average Bonchev–Trinajstić information content (AvgIpc) is 3.47. The quantitative estimate of drug-likeness (QED) is 0.496. The van der Waals surface area contributed by atoms with Gasteiger partial charge in [-0.2, -0.15) is 21.4 Å². The summed E-state index contributed by atoms with van der Waals surface area (Å²) in [7, 11) is 0. The number of benzene rings is 1. The maximum atomic E-state index is 12.1. The molecule has 0 saturated heterocycles. The minimum absolute atomic E-state index is 0.0638. The molecule has 3 aromatic heterocycles. The first-order chi connectivity index (χ1) is 13.8. The highest BCUT2D eigenvalue weighted by Crippen LogP contribution is 2.18. The minimum atomic E-state index is -0.0638. The molecule has 0 atom stereocenters. The molecule has 3 heterocycles. The largest absolute Gasteiger partial charge is 0.352 e. The fourth-order valence-electron chi connectivity index (χ4n) is 2.73. The molecule has 0 unspecified atom stereocenters. The summed E-state index contributed by atoms with van der Waals surface area (Å²) in [5, 5.41) is 15.1. The number of aryl methyl sites for hydroxylation is 1. The van der Waals surface area contributed by atoms with Crippen LogP contribution in [0.15, 0.2) is 64.1 Å². The van der Waals surface area contributed by atoms with Gasteiger partial charge in [-0.1, -0.05) is 35.5 Å². The maximum Gasteiger partial charge on any atom is 0.227 e. The molecule has 0 radical (unpaired) electrons. The summed E-state index contributed by atoms with van der Waals surface area (Å²) in [6.45, 7) is 1.15. The van der Waals surface area contributed by atoms with Gasteiger partial charge in [0.05, 0.1) is 12.7 Å². The van der Waals surface area contributed by atoms with E-state index in [1.807, 2.05) is 45.9 Å². The van der Waals surface area contributed by atoms with E-state index in [0.717, 1.165) is 11.1 Å². The lowest BCUT2D eigenvalue weighted by Gasteiger charge is -2.02. The van der Waals surface area contributed by atoms with Crippen molar-refractivity contribution in [1.29, 1.82) is 0 Å². The molecule has 1 amide bonds. The number of nitrogens with one attached hydrogen (secondary N) is 1. The van der Waals surface area contributed by atoms with Gasteiger partial charge in [-0.05, 0) is 17.0 Å². The number of hydrogen-bond acceptors (Lipinski definition) is 6. The Morgan fingerprint density at radius 1 is 1.18 bits per heavy atom. The Bertz CT molecular complexity index is 1020. The summed E-state index contributed by atoms with van der Waals surface area (Å²) in [6, 6.07) is 12.1. The number of nitrogens with zero attached hydrogens (tertiary/aromatic N) is 4. The number of rotatable bonds is 8. The topological polar surface area (TPSA) is 85.8 Å². The summed E-state index contributed by atoms with van der Waals surface area (Å²) < 4.78 is 7.07. The predicted octanol–water partition coefficient (Wildman–Crippen LogP) is 3.29. The molecule has 0 saturated carbocycles. The van der Waals surface area contributed by atoms with Gasteiger partial charge in [0, 0.05) is 42.1 Å². The van der Waals surface area contributed by atoms with E-state index >= 15 is 0 Å². The van der Waals surface area contributed by atoms with Gasteiger partial charge < -0.3 is 9.84 Å². The van der Waals surface area contributed by atoms with Crippen LogP contribution in [0.2, 0.25) is 0 Å². The van der Waals surface area contributed by atoms with Crippen molar-refractivity contribution in [3.8, 4) is 11.4 Å². The van der Waals surface area contributed by atoms with E-state index in [9.17, 15) is 4.79 Å².